The van der Waals surface area contributed by atoms with Gasteiger partial charge >= 0.3 is 0 Å². The first kappa shape index (κ1) is 12.5. The van der Waals surface area contributed by atoms with Crippen molar-refractivity contribution < 1.29 is 23.4 Å². The van der Waals surface area contributed by atoms with Gasteiger partial charge in [-0.05, 0) is 23.8 Å². The van der Waals surface area contributed by atoms with E-state index in [4.69, 9.17) is 14.2 Å². The van der Waals surface area contributed by atoms with Gasteiger partial charge in [0, 0.05) is 11.1 Å². The highest BCUT2D eigenvalue weighted by atomic mass is 19.1. The van der Waals surface area contributed by atoms with Crippen molar-refractivity contribution in [1.29, 1.82) is 0 Å². The second-order valence-electron chi connectivity index (χ2n) is 4.23. The summed E-state index contributed by atoms with van der Waals surface area (Å²) in [7, 11) is 1.39. The maximum atomic E-state index is 14.3. The summed E-state index contributed by atoms with van der Waals surface area (Å²) in [6.07, 6.45) is 0.663. The van der Waals surface area contributed by atoms with E-state index in [9.17, 15) is 9.18 Å². The number of hydrogen-bond acceptors (Lipinski definition) is 4. The molecule has 0 aliphatic carbocycles. The van der Waals surface area contributed by atoms with Crippen LogP contribution in [0.5, 0.6) is 17.2 Å². The Balaban J connectivity index is 2.22. The molecule has 5 heteroatoms. The molecule has 0 atom stereocenters. The number of methoxy groups -OCH3 is 1. The lowest BCUT2D eigenvalue weighted by molar-refractivity contribution is 0.112. The lowest BCUT2D eigenvalue weighted by Crippen LogP contribution is -1.94. The van der Waals surface area contributed by atoms with Crippen LogP contribution in [0.15, 0.2) is 30.3 Å². The fraction of sp³-hybridized carbons (Fsp3) is 0.133. The van der Waals surface area contributed by atoms with Gasteiger partial charge in [0.25, 0.3) is 0 Å². The van der Waals surface area contributed by atoms with Crippen LogP contribution in [0, 0.1) is 5.82 Å². The molecule has 2 aromatic carbocycles. The smallest absolute Gasteiger partial charge is 0.231 e. The van der Waals surface area contributed by atoms with Crippen LogP contribution in [0.1, 0.15) is 10.4 Å². The number of carbonyl (C=O) groups is 1. The molecule has 0 spiro atoms. The third-order valence-corrected chi connectivity index (χ3v) is 3.15. The van der Waals surface area contributed by atoms with Gasteiger partial charge < -0.3 is 14.2 Å². The van der Waals surface area contributed by atoms with Crippen LogP contribution in [0.3, 0.4) is 0 Å². The topological polar surface area (TPSA) is 44.8 Å². The van der Waals surface area contributed by atoms with Crippen LogP contribution in [-0.4, -0.2) is 20.2 Å². The van der Waals surface area contributed by atoms with E-state index in [1.165, 1.54) is 13.2 Å². The van der Waals surface area contributed by atoms with Gasteiger partial charge in [0.05, 0.1) is 7.11 Å². The Morgan fingerprint density at radius 1 is 1.20 bits per heavy atom. The van der Waals surface area contributed by atoms with Crippen molar-refractivity contribution >= 4 is 6.29 Å². The summed E-state index contributed by atoms with van der Waals surface area (Å²) >= 11 is 0. The van der Waals surface area contributed by atoms with Gasteiger partial charge in [-0.3, -0.25) is 4.79 Å². The molecular formula is C15H11FO4. The molecule has 3 rings (SSSR count). The largest absolute Gasteiger partial charge is 0.494 e. The molecule has 0 fully saturated rings. The van der Waals surface area contributed by atoms with Crippen molar-refractivity contribution in [2.45, 2.75) is 0 Å². The number of aldehydes is 1. The second kappa shape index (κ2) is 4.85. The SMILES string of the molecule is COc1cccc(-c2cc3c(cc2C=O)OCO3)c1F. The lowest BCUT2D eigenvalue weighted by atomic mass is 9.98. The molecule has 102 valence electrons. The molecule has 0 saturated heterocycles. The first-order chi connectivity index (χ1) is 9.74. The lowest BCUT2D eigenvalue weighted by Gasteiger charge is -2.10. The minimum atomic E-state index is -0.517. The van der Waals surface area contributed by atoms with Crippen molar-refractivity contribution in [3.8, 4) is 28.4 Å². The number of halogens is 1. The summed E-state index contributed by atoms with van der Waals surface area (Å²) in [5, 5.41) is 0. The number of rotatable bonds is 3. The summed E-state index contributed by atoms with van der Waals surface area (Å²) in [6, 6.07) is 7.92. The fourth-order valence-electron chi connectivity index (χ4n) is 2.16. The number of benzene rings is 2. The average molecular weight is 274 g/mol. The van der Waals surface area contributed by atoms with Gasteiger partial charge in [-0.2, -0.15) is 0 Å². The molecule has 20 heavy (non-hydrogen) atoms. The van der Waals surface area contributed by atoms with Gasteiger partial charge in [-0.25, -0.2) is 4.39 Å². The Kier molecular flexibility index (Phi) is 3.02. The third kappa shape index (κ3) is 1.87. The summed E-state index contributed by atoms with van der Waals surface area (Å²) in [6.45, 7) is 0.0949. The average Bonchev–Trinajstić information content (AvgIpc) is 2.93. The predicted octanol–water partition coefficient (Wildman–Crippen LogP) is 3.04. The zero-order valence-corrected chi connectivity index (χ0v) is 10.7. The van der Waals surface area contributed by atoms with E-state index in [1.54, 1.807) is 24.3 Å². The predicted molar refractivity (Wildman–Crippen MR) is 69.9 cm³/mol. The summed E-state index contributed by atoms with van der Waals surface area (Å²) in [5.41, 5.74) is 1.06. The minimum Gasteiger partial charge on any atom is -0.494 e. The van der Waals surface area contributed by atoms with Crippen molar-refractivity contribution in [2.75, 3.05) is 13.9 Å². The molecule has 0 unspecified atom stereocenters. The molecule has 0 bridgehead atoms. The van der Waals surface area contributed by atoms with E-state index < -0.39 is 5.82 Å². The molecule has 1 aliphatic rings. The molecule has 0 saturated carbocycles. The van der Waals surface area contributed by atoms with Gasteiger partial charge in [0.15, 0.2) is 29.4 Å². The highest BCUT2D eigenvalue weighted by molar-refractivity contribution is 5.90. The summed E-state index contributed by atoms with van der Waals surface area (Å²) in [5.74, 6) is 0.584. The Hall–Kier alpha value is -2.56. The third-order valence-electron chi connectivity index (χ3n) is 3.15. The molecule has 0 aromatic heterocycles. The van der Waals surface area contributed by atoms with Gasteiger partial charge in [-0.15, -0.1) is 0 Å². The van der Waals surface area contributed by atoms with Crippen molar-refractivity contribution in [3.63, 3.8) is 0 Å². The minimum absolute atomic E-state index is 0.0949. The van der Waals surface area contributed by atoms with Crippen LogP contribution in [0.2, 0.25) is 0 Å². The summed E-state index contributed by atoms with van der Waals surface area (Å²) < 4.78 is 29.7. The quantitative estimate of drug-likeness (QED) is 0.807. The number of hydrogen-bond donors (Lipinski definition) is 0. The van der Waals surface area contributed by atoms with Crippen LogP contribution in [-0.2, 0) is 0 Å². The Labute approximate surface area is 114 Å². The molecular weight excluding hydrogens is 263 g/mol. The second-order valence-corrected chi connectivity index (χ2v) is 4.23. The van der Waals surface area contributed by atoms with E-state index >= 15 is 0 Å². The fourth-order valence-corrected chi connectivity index (χ4v) is 2.16. The van der Waals surface area contributed by atoms with E-state index in [0.717, 1.165) is 0 Å². The zero-order valence-electron chi connectivity index (χ0n) is 10.7. The summed E-state index contributed by atoms with van der Waals surface area (Å²) in [4.78, 5) is 11.2. The maximum absolute atomic E-state index is 14.3. The van der Waals surface area contributed by atoms with E-state index in [0.29, 0.717) is 28.9 Å². The van der Waals surface area contributed by atoms with Crippen LogP contribution in [0.25, 0.3) is 11.1 Å². The van der Waals surface area contributed by atoms with Crippen LogP contribution < -0.4 is 14.2 Å². The highest BCUT2D eigenvalue weighted by Gasteiger charge is 2.20. The standard InChI is InChI=1S/C15H11FO4/c1-18-12-4-2-3-10(15(12)16)11-6-14-13(19-8-20-14)5-9(11)7-17/h2-7H,8H2,1H3. The molecule has 0 N–H and O–H groups in total. The monoisotopic (exact) mass is 274 g/mol. The Morgan fingerprint density at radius 3 is 2.65 bits per heavy atom. The number of fused-ring (bicyclic) bond motifs is 1. The number of ether oxygens (including phenoxy) is 3. The molecule has 0 amide bonds. The molecule has 4 nitrogen and oxygen atoms in total. The zero-order chi connectivity index (χ0) is 14.1. The van der Waals surface area contributed by atoms with Gasteiger partial charge in [-0.1, -0.05) is 12.1 Å². The Morgan fingerprint density at radius 2 is 1.95 bits per heavy atom. The van der Waals surface area contributed by atoms with Crippen molar-refractivity contribution in [3.05, 3.63) is 41.7 Å². The van der Waals surface area contributed by atoms with Crippen molar-refractivity contribution in [2.24, 2.45) is 0 Å². The van der Waals surface area contributed by atoms with E-state index in [-0.39, 0.29) is 18.1 Å². The molecule has 2 aromatic rings. The Bertz CT molecular complexity index is 682. The van der Waals surface area contributed by atoms with E-state index in [1.807, 2.05) is 0 Å². The first-order valence-electron chi connectivity index (χ1n) is 5.96. The normalized spacial score (nSPS) is 12.3. The molecule has 1 heterocycles. The molecule has 0 radical (unpaired) electrons. The number of carbonyl (C=O) groups excluding carboxylic acids is 1. The van der Waals surface area contributed by atoms with Crippen LogP contribution >= 0.6 is 0 Å². The first-order valence-corrected chi connectivity index (χ1v) is 5.96. The van der Waals surface area contributed by atoms with E-state index in [2.05, 4.69) is 0 Å². The highest BCUT2D eigenvalue weighted by Crippen LogP contribution is 2.40. The van der Waals surface area contributed by atoms with Gasteiger partial charge in [0.1, 0.15) is 0 Å². The van der Waals surface area contributed by atoms with Gasteiger partial charge in [0.2, 0.25) is 6.79 Å². The van der Waals surface area contributed by atoms with Crippen molar-refractivity contribution in [1.82, 2.24) is 0 Å². The van der Waals surface area contributed by atoms with Crippen LogP contribution in [0.4, 0.5) is 4.39 Å². The maximum Gasteiger partial charge on any atom is 0.231 e. The molecule has 1 aliphatic heterocycles.